The first kappa shape index (κ1) is 20.3. The Labute approximate surface area is 178 Å². The van der Waals surface area contributed by atoms with Crippen molar-refractivity contribution in [3.8, 4) is 11.5 Å². The number of ether oxygens (including phenoxy) is 2. The van der Waals surface area contributed by atoms with Gasteiger partial charge in [-0.1, -0.05) is 43.2 Å². The summed E-state index contributed by atoms with van der Waals surface area (Å²) in [5, 5.41) is 2.33. The molecule has 3 aromatic rings. The Balaban J connectivity index is 1.53. The molecular formula is C26H29NO3. The van der Waals surface area contributed by atoms with E-state index in [2.05, 4.69) is 18.2 Å². The van der Waals surface area contributed by atoms with Gasteiger partial charge in [0.1, 0.15) is 18.1 Å². The van der Waals surface area contributed by atoms with Gasteiger partial charge in [-0.3, -0.25) is 4.79 Å². The molecule has 4 heteroatoms. The van der Waals surface area contributed by atoms with Gasteiger partial charge in [0.05, 0.1) is 6.61 Å². The van der Waals surface area contributed by atoms with Crippen molar-refractivity contribution in [1.82, 2.24) is 4.90 Å². The zero-order chi connectivity index (χ0) is 20.8. The van der Waals surface area contributed by atoms with Crippen LogP contribution >= 0.6 is 0 Å². The Kier molecular flexibility index (Phi) is 6.53. The fraction of sp³-hybridized carbons (Fsp3) is 0.346. The van der Waals surface area contributed by atoms with Crippen LogP contribution in [0.15, 0.2) is 60.7 Å². The molecular weight excluding hydrogens is 374 g/mol. The molecule has 0 aromatic heterocycles. The summed E-state index contributed by atoms with van der Waals surface area (Å²) in [4.78, 5) is 15.0. The number of rotatable bonds is 6. The topological polar surface area (TPSA) is 38.8 Å². The van der Waals surface area contributed by atoms with E-state index in [9.17, 15) is 4.79 Å². The normalized spacial score (nSPS) is 14.4. The van der Waals surface area contributed by atoms with E-state index in [4.69, 9.17) is 9.47 Å². The van der Waals surface area contributed by atoms with Gasteiger partial charge >= 0.3 is 0 Å². The molecule has 1 fully saturated rings. The van der Waals surface area contributed by atoms with Crippen molar-refractivity contribution in [3.05, 3.63) is 71.8 Å². The van der Waals surface area contributed by atoms with E-state index in [1.165, 1.54) is 18.2 Å². The SMILES string of the molecule is CCOc1ccc(C(=O)N2CCCCCC2)cc1COc1ccc2ccccc2c1. The number of carbonyl (C=O) groups excluding carboxylic acids is 1. The molecule has 0 N–H and O–H groups in total. The lowest BCUT2D eigenvalue weighted by Crippen LogP contribution is -2.31. The second-order valence-corrected chi connectivity index (χ2v) is 7.76. The Morgan fingerprint density at radius 3 is 2.40 bits per heavy atom. The van der Waals surface area contributed by atoms with Gasteiger partial charge < -0.3 is 14.4 Å². The van der Waals surface area contributed by atoms with Crippen molar-refractivity contribution in [2.45, 2.75) is 39.2 Å². The van der Waals surface area contributed by atoms with Crippen molar-refractivity contribution in [2.75, 3.05) is 19.7 Å². The van der Waals surface area contributed by atoms with E-state index in [1.807, 2.05) is 54.3 Å². The number of fused-ring (bicyclic) bond motifs is 1. The summed E-state index contributed by atoms with van der Waals surface area (Å²) in [6.45, 7) is 4.57. The minimum absolute atomic E-state index is 0.104. The van der Waals surface area contributed by atoms with Crippen LogP contribution in [0.2, 0.25) is 0 Å². The zero-order valence-electron chi connectivity index (χ0n) is 17.6. The summed E-state index contributed by atoms with van der Waals surface area (Å²) in [6.07, 6.45) is 4.58. The third kappa shape index (κ3) is 4.76. The first-order valence-corrected chi connectivity index (χ1v) is 10.9. The van der Waals surface area contributed by atoms with Gasteiger partial charge in [-0.25, -0.2) is 0 Å². The Hall–Kier alpha value is -3.01. The second-order valence-electron chi connectivity index (χ2n) is 7.76. The van der Waals surface area contributed by atoms with Crippen LogP contribution in [0.4, 0.5) is 0 Å². The molecule has 30 heavy (non-hydrogen) atoms. The van der Waals surface area contributed by atoms with Crippen molar-refractivity contribution in [3.63, 3.8) is 0 Å². The fourth-order valence-electron chi connectivity index (χ4n) is 4.00. The van der Waals surface area contributed by atoms with Gasteiger partial charge in [-0.2, -0.15) is 0 Å². The van der Waals surface area contributed by atoms with Gasteiger partial charge in [0.25, 0.3) is 5.91 Å². The van der Waals surface area contributed by atoms with Crippen LogP contribution in [0.1, 0.15) is 48.5 Å². The van der Waals surface area contributed by atoms with E-state index >= 15 is 0 Å². The quantitative estimate of drug-likeness (QED) is 0.519. The summed E-state index contributed by atoms with van der Waals surface area (Å²) in [5.74, 6) is 1.68. The monoisotopic (exact) mass is 403 g/mol. The summed E-state index contributed by atoms with van der Waals surface area (Å²) in [5.41, 5.74) is 1.60. The molecule has 0 spiro atoms. The summed E-state index contributed by atoms with van der Waals surface area (Å²) in [7, 11) is 0. The fourth-order valence-corrected chi connectivity index (χ4v) is 4.00. The smallest absolute Gasteiger partial charge is 0.253 e. The molecule has 0 bridgehead atoms. The summed E-state index contributed by atoms with van der Waals surface area (Å²) >= 11 is 0. The number of hydrogen-bond acceptors (Lipinski definition) is 3. The number of hydrogen-bond donors (Lipinski definition) is 0. The van der Waals surface area contributed by atoms with Gasteiger partial charge in [0.2, 0.25) is 0 Å². The second kappa shape index (κ2) is 9.66. The number of carbonyl (C=O) groups is 1. The van der Waals surface area contributed by atoms with Crippen LogP contribution in [-0.2, 0) is 6.61 Å². The molecule has 0 radical (unpaired) electrons. The zero-order valence-corrected chi connectivity index (χ0v) is 17.6. The minimum atomic E-state index is 0.104. The predicted octanol–water partition coefficient (Wildman–Crippen LogP) is 5.83. The molecule has 1 heterocycles. The number of nitrogens with zero attached hydrogens (tertiary/aromatic N) is 1. The highest BCUT2D eigenvalue weighted by molar-refractivity contribution is 5.94. The first-order chi connectivity index (χ1) is 14.7. The van der Waals surface area contributed by atoms with E-state index in [1.54, 1.807) is 0 Å². The third-order valence-electron chi connectivity index (χ3n) is 5.62. The molecule has 1 saturated heterocycles. The van der Waals surface area contributed by atoms with Gasteiger partial charge in [-0.05, 0) is 60.9 Å². The average molecular weight is 404 g/mol. The highest BCUT2D eigenvalue weighted by Crippen LogP contribution is 2.26. The number of likely N-dealkylation sites (tertiary alicyclic amines) is 1. The number of amides is 1. The van der Waals surface area contributed by atoms with Crippen molar-refractivity contribution in [2.24, 2.45) is 0 Å². The van der Waals surface area contributed by atoms with Crippen LogP contribution in [0.3, 0.4) is 0 Å². The standard InChI is InChI=1S/C26H29NO3/c1-2-29-25-14-12-22(26(28)27-15-7-3-4-8-16-27)17-23(25)19-30-24-13-11-20-9-5-6-10-21(20)18-24/h5-6,9-14,17-18H,2-4,7-8,15-16,19H2,1H3. The van der Waals surface area contributed by atoms with Crippen LogP contribution < -0.4 is 9.47 Å². The summed E-state index contributed by atoms with van der Waals surface area (Å²) < 4.78 is 11.9. The maximum atomic E-state index is 13.0. The van der Waals surface area contributed by atoms with Crippen molar-refractivity contribution < 1.29 is 14.3 Å². The molecule has 4 nitrogen and oxygen atoms in total. The van der Waals surface area contributed by atoms with E-state index in [-0.39, 0.29) is 5.91 Å². The molecule has 156 valence electrons. The van der Waals surface area contributed by atoms with Crippen molar-refractivity contribution in [1.29, 1.82) is 0 Å². The highest BCUT2D eigenvalue weighted by atomic mass is 16.5. The Morgan fingerprint density at radius 1 is 0.867 bits per heavy atom. The molecule has 1 amide bonds. The molecule has 1 aliphatic heterocycles. The average Bonchev–Trinajstić information content (AvgIpc) is 3.07. The molecule has 3 aromatic carbocycles. The van der Waals surface area contributed by atoms with Crippen LogP contribution in [-0.4, -0.2) is 30.5 Å². The summed E-state index contributed by atoms with van der Waals surface area (Å²) in [6, 6.07) is 20.0. The minimum Gasteiger partial charge on any atom is -0.493 e. The predicted molar refractivity (Wildman–Crippen MR) is 120 cm³/mol. The van der Waals surface area contributed by atoms with E-state index in [0.29, 0.717) is 18.8 Å². The largest absolute Gasteiger partial charge is 0.493 e. The van der Waals surface area contributed by atoms with E-state index in [0.717, 1.165) is 48.4 Å². The molecule has 4 rings (SSSR count). The molecule has 1 aliphatic rings. The number of benzene rings is 3. The molecule has 0 unspecified atom stereocenters. The Bertz CT molecular complexity index is 1010. The third-order valence-corrected chi connectivity index (χ3v) is 5.62. The lowest BCUT2D eigenvalue weighted by molar-refractivity contribution is 0.0761. The van der Waals surface area contributed by atoms with Gasteiger partial charge in [0, 0.05) is 24.2 Å². The lowest BCUT2D eigenvalue weighted by atomic mass is 10.1. The lowest BCUT2D eigenvalue weighted by Gasteiger charge is -2.21. The molecule has 0 saturated carbocycles. The van der Waals surface area contributed by atoms with Gasteiger partial charge in [0.15, 0.2) is 0 Å². The Morgan fingerprint density at radius 2 is 1.63 bits per heavy atom. The maximum Gasteiger partial charge on any atom is 0.253 e. The molecule has 0 atom stereocenters. The maximum absolute atomic E-state index is 13.0. The first-order valence-electron chi connectivity index (χ1n) is 10.9. The van der Waals surface area contributed by atoms with Crippen LogP contribution in [0.5, 0.6) is 11.5 Å². The van der Waals surface area contributed by atoms with Crippen LogP contribution in [0.25, 0.3) is 10.8 Å². The highest BCUT2D eigenvalue weighted by Gasteiger charge is 2.19. The van der Waals surface area contributed by atoms with Crippen LogP contribution in [0, 0.1) is 0 Å². The van der Waals surface area contributed by atoms with E-state index < -0.39 is 0 Å². The molecule has 0 aliphatic carbocycles. The van der Waals surface area contributed by atoms with Crippen molar-refractivity contribution >= 4 is 16.7 Å². The van der Waals surface area contributed by atoms with Gasteiger partial charge in [-0.15, -0.1) is 0 Å².